The number of nitrogens with one attached hydrogen (secondary N) is 2. The number of hydrogen-bond acceptors (Lipinski definition) is 6. The van der Waals surface area contributed by atoms with Crippen LogP contribution in [0.3, 0.4) is 0 Å². The number of carbonyl (C=O) groups is 1. The molecule has 116 valence electrons. The van der Waals surface area contributed by atoms with Crippen LogP contribution < -0.4 is 10.6 Å². The van der Waals surface area contributed by atoms with Crippen molar-refractivity contribution in [3.8, 4) is 0 Å². The summed E-state index contributed by atoms with van der Waals surface area (Å²) in [6.45, 7) is 3.74. The molecule has 0 aliphatic rings. The first-order chi connectivity index (χ1) is 11.1. The minimum absolute atomic E-state index is 0.232. The molecule has 0 aliphatic heterocycles. The summed E-state index contributed by atoms with van der Waals surface area (Å²) in [6, 6.07) is 11.0. The van der Waals surface area contributed by atoms with E-state index in [0.29, 0.717) is 17.5 Å². The molecule has 7 heteroatoms. The van der Waals surface area contributed by atoms with Crippen molar-refractivity contribution in [3.05, 3.63) is 59.6 Å². The Labute approximate surface area is 132 Å². The molecule has 23 heavy (non-hydrogen) atoms. The third-order valence-electron chi connectivity index (χ3n) is 3.03. The Hall–Kier alpha value is -3.22. The lowest BCUT2D eigenvalue weighted by atomic mass is 10.2. The Morgan fingerprint density at radius 2 is 2.04 bits per heavy atom. The van der Waals surface area contributed by atoms with Crippen molar-refractivity contribution in [1.82, 2.24) is 15.1 Å². The highest BCUT2D eigenvalue weighted by atomic mass is 16.5. The molecule has 0 atom stereocenters. The van der Waals surface area contributed by atoms with Crippen molar-refractivity contribution in [2.45, 2.75) is 13.8 Å². The summed E-state index contributed by atoms with van der Waals surface area (Å²) in [6.07, 6.45) is 1.52. The smallest absolute Gasteiger partial charge is 0.275 e. The van der Waals surface area contributed by atoms with E-state index in [1.165, 1.54) is 12.3 Å². The van der Waals surface area contributed by atoms with E-state index in [0.717, 1.165) is 11.3 Å². The summed E-state index contributed by atoms with van der Waals surface area (Å²) in [5, 5.41) is 9.40. The Morgan fingerprint density at radius 1 is 1.17 bits per heavy atom. The largest absolute Gasteiger partial charge is 0.360 e. The molecule has 0 unspecified atom stereocenters. The summed E-state index contributed by atoms with van der Waals surface area (Å²) in [4.78, 5) is 20.5. The Balaban J connectivity index is 1.75. The molecule has 2 heterocycles. The number of rotatable bonds is 4. The van der Waals surface area contributed by atoms with Crippen LogP contribution in [-0.2, 0) is 0 Å². The molecule has 0 fully saturated rings. The Morgan fingerprint density at radius 3 is 2.78 bits per heavy atom. The third kappa shape index (κ3) is 3.70. The van der Waals surface area contributed by atoms with Gasteiger partial charge in [0, 0.05) is 18.0 Å². The van der Waals surface area contributed by atoms with E-state index >= 15 is 0 Å². The van der Waals surface area contributed by atoms with Gasteiger partial charge in [0.2, 0.25) is 5.95 Å². The maximum Gasteiger partial charge on any atom is 0.275 e. The zero-order valence-corrected chi connectivity index (χ0v) is 12.7. The van der Waals surface area contributed by atoms with Crippen LogP contribution >= 0.6 is 0 Å². The van der Waals surface area contributed by atoms with Crippen LogP contribution in [0.1, 0.15) is 21.8 Å². The number of amides is 1. The van der Waals surface area contributed by atoms with Gasteiger partial charge >= 0.3 is 0 Å². The highest BCUT2D eigenvalue weighted by molar-refractivity contribution is 6.02. The maximum absolute atomic E-state index is 12.2. The van der Waals surface area contributed by atoms with Gasteiger partial charge in [-0.2, -0.15) is 0 Å². The van der Waals surface area contributed by atoms with E-state index in [2.05, 4.69) is 25.8 Å². The molecule has 0 aliphatic carbocycles. The predicted octanol–water partition coefficient (Wildman–Crippen LogP) is 3.08. The summed E-state index contributed by atoms with van der Waals surface area (Å²) < 4.78 is 4.91. The van der Waals surface area contributed by atoms with Crippen molar-refractivity contribution in [2.24, 2.45) is 0 Å². The molecule has 0 bridgehead atoms. The monoisotopic (exact) mass is 309 g/mol. The minimum Gasteiger partial charge on any atom is -0.360 e. The molecule has 2 aromatic heterocycles. The fourth-order valence-corrected chi connectivity index (χ4v) is 2.00. The van der Waals surface area contributed by atoms with Crippen LogP contribution in [0.4, 0.5) is 17.5 Å². The standard InChI is InChI=1S/C16H15N5O2/c1-10-4-3-5-12(8-10)18-16-17-7-6-13(19-16)15(22)20-14-9-11(2)23-21-14/h3-9H,1-2H3,(H,17,18,19)(H,20,21,22). The fourth-order valence-electron chi connectivity index (χ4n) is 2.00. The molecule has 3 aromatic rings. The van der Waals surface area contributed by atoms with Gasteiger partial charge < -0.3 is 15.2 Å². The molecule has 3 rings (SSSR count). The number of anilines is 3. The minimum atomic E-state index is -0.381. The van der Waals surface area contributed by atoms with Crippen LogP contribution in [0.25, 0.3) is 0 Å². The lowest BCUT2D eigenvalue weighted by molar-refractivity contribution is 0.102. The van der Waals surface area contributed by atoms with Gasteiger partial charge in [-0.15, -0.1) is 0 Å². The second-order valence-corrected chi connectivity index (χ2v) is 5.04. The average Bonchev–Trinajstić information content (AvgIpc) is 2.92. The zero-order valence-electron chi connectivity index (χ0n) is 12.7. The Bertz CT molecular complexity index is 844. The zero-order chi connectivity index (χ0) is 16.2. The summed E-state index contributed by atoms with van der Waals surface area (Å²) in [5.41, 5.74) is 2.20. The molecular weight excluding hydrogens is 294 g/mol. The first-order valence-corrected chi connectivity index (χ1v) is 7.01. The van der Waals surface area contributed by atoms with Gasteiger partial charge in [-0.05, 0) is 37.6 Å². The van der Waals surface area contributed by atoms with Crippen molar-refractivity contribution >= 4 is 23.4 Å². The van der Waals surface area contributed by atoms with E-state index in [4.69, 9.17) is 4.52 Å². The molecule has 1 aromatic carbocycles. The molecule has 0 saturated carbocycles. The van der Waals surface area contributed by atoms with E-state index in [1.807, 2.05) is 31.2 Å². The Kier molecular flexibility index (Phi) is 4.01. The van der Waals surface area contributed by atoms with Gasteiger partial charge in [-0.3, -0.25) is 4.79 Å². The normalized spacial score (nSPS) is 10.3. The van der Waals surface area contributed by atoms with E-state index in [-0.39, 0.29) is 11.6 Å². The summed E-state index contributed by atoms with van der Waals surface area (Å²) in [5.74, 6) is 0.927. The SMILES string of the molecule is Cc1cccc(Nc2nccc(C(=O)Nc3cc(C)on3)n2)c1. The molecule has 2 N–H and O–H groups in total. The van der Waals surface area contributed by atoms with Crippen LogP contribution in [0.5, 0.6) is 0 Å². The topological polar surface area (TPSA) is 92.9 Å². The van der Waals surface area contributed by atoms with E-state index in [1.54, 1.807) is 13.0 Å². The third-order valence-corrected chi connectivity index (χ3v) is 3.03. The van der Waals surface area contributed by atoms with E-state index < -0.39 is 0 Å². The molecule has 0 spiro atoms. The number of nitrogens with zero attached hydrogens (tertiary/aromatic N) is 3. The van der Waals surface area contributed by atoms with E-state index in [9.17, 15) is 4.79 Å². The number of benzene rings is 1. The van der Waals surface area contributed by atoms with Crippen LogP contribution in [-0.4, -0.2) is 21.0 Å². The number of hydrogen-bond donors (Lipinski definition) is 2. The lowest BCUT2D eigenvalue weighted by Gasteiger charge is -2.06. The molecule has 7 nitrogen and oxygen atoms in total. The highest BCUT2D eigenvalue weighted by Crippen LogP contribution is 2.15. The quantitative estimate of drug-likeness (QED) is 0.769. The predicted molar refractivity (Wildman–Crippen MR) is 85.7 cm³/mol. The lowest BCUT2D eigenvalue weighted by Crippen LogP contribution is -2.15. The second-order valence-electron chi connectivity index (χ2n) is 5.04. The fraction of sp³-hybridized carbons (Fsp3) is 0.125. The van der Waals surface area contributed by atoms with Crippen LogP contribution in [0, 0.1) is 13.8 Å². The average molecular weight is 309 g/mol. The van der Waals surface area contributed by atoms with Crippen LogP contribution in [0.2, 0.25) is 0 Å². The number of carbonyl (C=O) groups excluding carboxylic acids is 1. The van der Waals surface area contributed by atoms with Gasteiger partial charge in [0.1, 0.15) is 11.5 Å². The van der Waals surface area contributed by atoms with Crippen molar-refractivity contribution < 1.29 is 9.32 Å². The second kappa shape index (κ2) is 6.27. The van der Waals surface area contributed by atoms with Gasteiger partial charge in [0.15, 0.2) is 5.82 Å². The first kappa shape index (κ1) is 14.7. The molecule has 0 radical (unpaired) electrons. The summed E-state index contributed by atoms with van der Waals surface area (Å²) in [7, 11) is 0. The van der Waals surface area contributed by atoms with Crippen molar-refractivity contribution in [1.29, 1.82) is 0 Å². The molecule has 1 amide bonds. The molecule has 0 saturated heterocycles. The van der Waals surface area contributed by atoms with Crippen molar-refractivity contribution in [3.63, 3.8) is 0 Å². The van der Waals surface area contributed by atoms with Gasteiger partial charge in [-0.25, -0.2) is 9.97 Å². The number of aryl methyl sites for hydroxylation is 2. The van der Waals surface area contributed by atoms with Gasteiger partial charge in [-0.1, -0.05) is 17.3 Å². The van der Waals surface area contributed by atoms with Gasteiger partial charge in [0.05, 0.1) is 0 Å². The maximum atomic E-state index is 12.2. The highest BCUT2D eigenvalue weighted by Gasteiger charge is 2.11. The molecular formula is C16H15N5O2. The number of aromatic nitrogens is 3. The summed E-state index contributed by atoms with van der Waals surface area (Å²) >= 11 is 0. The first-order valence-electron chi connectivity index (χ1n) is 7.01. The van der Waals surface area contributed by atoms with Gasteiger partial charge in [0.25, 0.3) is 5.91 Å². The van der Waals surface area contributed by atoms with Crippen molar-refractivity contribution in [2.75, 3.05) is 10.6 Å². The van der Waals surface area contributed by atoms with Crippen LogP contribution in [0.15, 0.2) is 47.1 Å².